The Balaban J connectivity index is 2.07. The van der Waals surface area contributed by atoms with Crippen LogP contribution >= 0.6 is 11.3 Å². The van der Waals surface area contributed by atoms with Crippen LogP contribution in [0.5, 0.6) is 0 Å². The van der Waals surface area contributed by atoms with Gasteiger partial charge < -0.3 is 30.0 Å². The van der Waals surface area contributed by atoms with Crippen molar-refractivity contribution in [2.24, 2.45) is 11.7 Å². The Labute approximate surface area is 315 Å². The Hall–Kier alpha value is -4.40. The summed E-state index contributed by atoms with van der Waals surface area (Å²) < 4.78 is 23.2. The number of amides is 1. The van der Waals surface area contributed by atoms with Crippen LogP contribution in [0.2, 0.25) is 0 Å². The second-order valence-electron chi connectivity index (χ2n) is 16.8. The standard InChI is InChI=1S/C39H54N4O9S/c1-35(2,3)49-28(44)21-39(40,34(48)52-38(10,11)12)25(22-41-29(32(46)50-36(4,5)6)33(47)51-37(7,8)9)30(45)42-24-19-17-23(18-20-24)31-43-26-15-13-14-16-27(26)53-31/h13-20,25,29,41H,21-22,40H2,1-12H3,(H,42,45). The number of para-hydroxylation sites is 1. The summed E-state index contributed by atoms with van der Waals surface area (Å²) in [6, 6.07) is 12.9. The highest BCUT2D eigenvalue weighted by Gasteiger charge is 2.51. The van der Waals surface area contributed by atoms with Crippen molar-refractivity contribution < 1.29 is 42.9 Å². The summed E-state index contributed by atoms with van der Waals surface area (Å²) in [7, 11) is 0. The molecule has 2 unspecified atom stereocenters. The van der Waals surface area contributed by atoms with Crippen LogP contribution in [0.4, 0.5) is 5.69 Å². The molecule has 1 aromatic heterocycles. The van der Waals surface area contributed by atoms with Gasteiger partial charge in [0.2, 0.25) is 11.9 Å². The molecule has 3 aromatic rings. The number of rotatable bonds is 12. The van der Waals surface area contributed by atoms with Crippen LogP contribution in [0.15, 0.2) is 48.5 Å². The van der Waals surface area contributed by atoms with E-state index in [0.717, 1.165) is 20.8 Å². The molecule has 1 amide bonds. The van der Waals surface area contributed by atoms with E-state index in [-0.39, 0.29) is 0 Å². The summed E-state index contributed by atoms with van der Waals surface area (Å²) in [6.07, 6.45) is -0.779. The number of carbonyl (C=O) groups excluding carboxylic acids is 5. The van der Waals surface area contributed by atoms with Gasteiger partial charge in [-0.05, 0) is 119 Å². The topological polar surface area (TPSA) is 185 Å². The summed E-state index contributed by atoms with van der Waals surface area (Å²) in [6.45, 7) is 19.0. The Bertz CT molecular complexity index is 1730. The number of nitrogens with zero attached hydrogens (tertiary/aromatic N) is 1. The molecule has 3 rings (SSSR count). The zero-order chi connectivity index (χ0) is 40.2. The maximum Gasteiger partial charge on any atom is 0.335 e. The Morgan fingerprint density at radius 2 is 1.23 bits per heavy atom. The predicted molar refractivity (Wildman–Crippen MR) is 204 cm³/mol. The van der Waals surface area contributed by atoms with E-state index in [1.165, 1.54) is 11.3 Å². The van der Waals surface area contributed by atoms with Crippen LogP contribution < -0.4 is 16.4 Å². The second-order valence-corrected chi connectivity index (χ2v) is 17.9. The molecule has 0 radical (unpaired) electrons. The minimum Gasteiger partial charge on any atom is -0.460 e. The number of hydrogen-bond acceptors (Lipinski definition) is 13. The van der Waals surface area contributed by atoms with E-state index in [0.29, 0.717) is 5.69 Å². The van der Waals surface area contributed by atoms with Crippen LogP contribution in [-0.2, 0) is 42.9 Å². The van der Waals surface area contributed by atoms with Crippen LogP contribution in [0.25, 0.3) is 20.8 Å². The fraction of sp³-hybridized carbons (Fsp3) is 0.538. The molecule has 14 heteroatoms. The van der Waals surface area contributed by atoms with E-state index in [9.17, 15) is 24.0 Å². The maximum absolute atomic E-state index is 14.3. The SMILES string of the molecule is CC(C)(C)OC(=O)CC(N)(C(=O)OC(C)(C)C)C(CNC(C(=O)OC(C)(C)C)C(=O)OC(C)(C)C)C(=O)Nc1ccc(-c2nc3ccccc3s2)cc1. The molecule has 2 atom stereocenters. The highest BCUT2D eigenvalue weighted by Crippen LogP contribution is 2.32. The smallest absolute Gasteiger partial charge is 0.335 e. The fourth-order valence-corrected chi connectivity index (χ4v) is 5.95. The normalized spacial score (nSPS) is 14.2. The van der Waals surface area contributed by atoms with Crippen LogP contribution in [0.3, 0.4) is 0 Å². The first-order valence-electron chi connectivity index (χ1n) is 17.4. The highest BCUT2D eigenvalue weighted by molar-refractivity contribution is 7.21. The molecule has 13 nitrogen and oxygen atoms in total. The number of nitrogens with two attached hydrogens (primary N) is 1. The number of fused-ring (bicyclic) bond motifs is 1. The van der Waals surface area contributed by atoms with Crippen molar-refractivity contribution in [2.45, 2.75) is 123 Å². The third-order valence-electron chi connectivity index (χ3n) is 7.08. The number of esters is 4. The number of aromatic nitrogens is 1. The first-order chi connectivity index (χ1) is 24.2. The molecule has 0 saturated heterocycles. The van der Waals surface area contributed by atoms with Gasteiger partial charge in [0.15, 0.2) is 0 Å². The number of ether oxygens (including phenoxy) is 4. The zero-order valence-corrected chi connectivity index (χ0v) is 33.6. The van der Waals surface area contributed by atoms with Crippen LogP contribution in [0.1, 0.15) is 89.5 Å². The molecule has 0 spiro atoms. The van der Waals surface area contributed by atoms with E-state index < -0.39 is 82.7 Å². The Morgan fingerprint density at radius 3 is 1.72 bits per heavy atom. The molecule has 0 bridgehead atoms. The second kappa shape index (κ2) is 16.3. The minimum atomic E-state index is -2.36. The van der Waals surface area contributed by atoms with Gasteiger partial charge in [0.1, 0.15) is 33.0 Å². The number of anilines is 1. The van der Waals surface area contributed by atoms with E-state index >= 15 is 0 Å². The highest BCUT2D eigenvalue weighted by atomic mass is 32.1. The lowest BCUT2D eigenvalue weighted by atomic mass is 9.80. The van der Waals surface area contributed by atoms with Gasteiger partial charge >= 0.3 is 23.9 Å². The number of benzene rings is 2. The van der Waals surface area contributed by atoms with Crippen molar-refractivity contribution in [1.29, 1.82) is 0 Å². The average Bonchev–Trinajstić information content (AvgIpc) is 3.40. The summed E-state index contributed by atoms with van der Waals surface area (Å²) in [5.74, 6) is -6.35. The first kappa shape index (κ1) is 43.0. The van der Waals surface area contributed by atoms with E-state index in [2.05, 4.69) is 15.6 Å². The maximum atomic E-state index is 14.3. The lowest BCUT2D eigenvalue weighted by Gasteiger charge is -2.37. The molecule has 0 aliphatic rings. The monoisotopic (exact) mass is 754 g/mol. The third-order valence-corrected chi connectivity index (χ3v) is 8.16. The zero-order valence-electron chi connectivity index (χ0n) is 32.8. The summed E-state index contributed by atoms with van der Waals surface area (Å²) in [5, 5.41) is 6.33. The van der Waals surface area contributed by atoms with Crippen molar-refractivity contribution in [3.05, 3.63) is 48.5 Å². The van der Waals surface area contributed by atoms with Crippen molar-refractivity contribution in [3.63, 3.8) is 0 Å². The molecule has 0 fully saturated rings. The molecule has 0 saturated carbocycles. The molecular weight excluding hydrogens is 701 g/mol. The quantitative estimate of drug-likeness (QED) is 0.113. The van der Waals surface area contributed by atoms with Gasteiger partial charge in [-0.25, -0.2) is 19.4 Å². The van der Waals surface area contributed by atoms with Gasteiger partial charge in [-0.3, -0.25) is 14.9 Å². The van der Waals surface area contributed by atoms with Gasteiger partial charge in [0.25, 0.3) is 0 Å². The predicted octanol–water partition coefficient (Wildman–Crippen LogP) is 5.93. The van der Waals surface area contributed by atoms with Crippen molar-refractivity contribution >= 4 is 57.0 Å². The first-order valence-corrected chi connectivity index (χ1v) is 18.2. The summed E-state index contributed by atoms with van der Waals surface area (Å²) in [5.41, 5.74) is 2.48. The Morgan fingerprint density at radius 1 is 0.717 bits per heavy atom. The molecule has 4 N–H and O–H groups in total. The molecule has 2 aromatic carbocycles. The van der Waals surface area contributed by atoms with Crippen molar-refractivity contribution in [1.82, 2.24) is 10.3 Å². The van der Waals surface area contributed by atoms with Crippen molar-refractivity contribution in [3.8, 4) is 10.6 Å². The van der Waals surface area contributed by atoms with Gasteiger partial charge in [0, 0.05) is 17.8 Å². The molecule has 1 heterocycles. The molecule has 53 heavy (non-hydrogen) atoms. The molecular formula is C39H54N4O9S. The largest absolute Gasteiger partial charge is 0.460 e. The van der Waals surface area contributed by atoms with E-state index in [4.69, 9.17) is 24.7 Å². The van der Waals surface area contributed by atoms with E-state index in [1.54, 1.807) is 107 Å². The fourth-order valence-electron chi connectivity index (χ4n) is 4.98. The Kier molecular flexibility index (Phi) is 13.2. The third kappa shape index (κ3) is 13.2. The number of thiazole rings is 1. The lowest BCUT2D eigenvalue weighted by Crippen LogP contribution is -2.64. The van der Waals surface area contributed by atoms with Gasteiger partial charge in [0.05, 0.1) is 22.6 Å². The average molecular weight is 755 g/mol. The number of carbonyl (C=O) groups is 5. The van der Waals surface area contributed by atoms with Gasteiger partial charge in [-0.15, -0.1) is 11.3 Å². The molecule has 290 valence electrons. The van der Waals surface area contributed by atoms with Crippen LogP contribution in [-0.4, -0.2) is 75.3 Å². The summed E-state index contributed by atoms with van der Waals surface area (Å²) in [4.78, 5) is 73.1. The van der Waals surface area contributed by atoms with Gasteiger partial charge in [-0.2, -0.15) is 0 Å². The minimum absolute atomic E-state index is 0.338. The lowest BCUT2D eigenvalue weighted by molar-refractivity contribution is -0.173. The van der Waals surface area contributed by atoms with Crippen LogP contribution in [0, 0.1) is 5.92 Å². The number of nitrogens with one attached hydrogen (secondary N) is 2. The van der Waals surface area contributed by atoms with Gasteiger partial charge in [-0.1, -0.05) is 12.1 Å². The van der Waals surface area contributed by atoms with E-state index in [1.807, 2.05) is 24.3 Å². The summed E-state index contributed by atoms with van der Waals surface area (Å²) >= 11 is 1.52. The van der Waals surface area contributed by atoms with Crippen molar-refractivity contribution in [2.75, 3.05) is 11.9 Å². The molecule has 0 aliphatic heterocycles. The molecule has 0 aliphatic carbocycles. The number of hydrogen-bond donors (Lipinski definition) is 3.